The third-order valence-electron chi connectivity index (χ3n) is 3.59. The summed E-state index contributed by atoms with van der Waals surface area (Å²) < 4.78 is 7.16. The summed E-state index contributed by atoms with van der Waals surface area (Å²) in [5.74, 6) is 0.627. The molecule has 2 aromatic rings. The summed E-state index contributed by atoms with van der Waals surface area (Å²) in [4.78, 5) is 18.1. The molecule has 0 atom stereocenters. The molecule has 3 rings (SSSR count). The Bertz CT molecular complexity index is 697. The van der Waals surface area contributed by atoms with Crippen LogP contribution in [0.25, 0.3) is 5.65 Å². The topological polar surface area (TPSA) is 67.1 Å². The molecule has 0 aromatic carbocycles. The maximum atomic E-state index is 11.9. The average Bonchev–Trinajstić information content (AvgIpc) is 2.84. The molecule has 6 heteroatoms. The minimum absolute atomic E-state index is 0.219. The van der Waals surface area contributed by atoms with Crippen molar-refractivity contribution in [1.29, 1.82) is 0 Å². The van der Waals surface area contributed by atoms with E-state index in [0.717, 1.165) is 17.8 Å². The summed E-state index contributed by atoms with van der Waals surface area (Å²) >= 11 is 0. The van der Waals surface area contributed by atoms with Crippen LogP contribution in [0.15, 0.2) is 24.5 Å². The number of amides is 1. The highest BCUT2D eigenvalue weighted by molar-refractivity contribution is 5.69. The standard InChI is InChI=1S/C16H21N3O3.C2H6/c1-16(2,3)22-15(21)19-7-11(8-19)6-12-9-18-10-13(20)4-5-14(18)17-12;1-2/h4-5,9-11,20H,6-8H2,1-3H3;1-2H3. The average molecular weight is 333 g/mol. The Hall–Kier alpha value is -2.24. The predicted octanol–water partition coefficient (Wildman–Crippen LogP) is 3.48. The summed E-state index contributed by atoms with van der Waals surface area (Å²) in [5.41, 5.74) is 1.33. The normalized spacial score (nSPS) is 14.8. The van der Waals surface area contributed by atoms with Crippen molar-refractivity contribution in [2.45, 2.75) is 46.6 Å². The molecule has 1 saturated heterocycles. The molecule has 1 N–H and O–H groups in total. The van der Waals surface area contributed by atoms with Crippen LogP contribution in [0.2, 0.25) is 0 Å². The SMILES string of the molecule is CC.CC(C)(C)OC(=O)N1CC(Cc2cn3cc(O)ccc3n2)C1. The van der Waals surface area contributed by atoms with Crippen LogP contribution in [0.5, 0.6) is 5.75 Å². The number of imidazole rings is 1. The van der Waals surface area contributed by atoms with Gasteiger partial charge in [0.15, 0.2) is 0 Å². The number of nitrogens with zero attached hydrogens (tertiary/aromatic N) is 3. The summed E-state index contributed by atoms with van der Waals surface area (Å²) in [6.07, 6.45) is 4.13. The van der Waals surface area contributed by atoms with Crippen LogP contribution in [0, 0.1) is 5.92 Å². The highest BCUT2D eigenvalue weighted by Crippen LogP contribution is 2.23. The zero-order valence-corrected chi connectivity index (χ0v) is 15.1. The summed E-state index contributed by atoms with van der Waals surface area (Å²) in [6.45, 7) is 11.0. The van der Waals surface area contributed by atoms with Crippen LogP contribution >= 0.6 is 0 Å². The highest BCUT2D eigenvalue weighted by Gasteiger charge is 2.33. The Morgan fingerprint density at radius 1 is 1.29 bits per heavy atom. The molecular formula is C18H27N3O3. The number of hydrogen-bond acceptors (Lipinski definition) is 4. The van der Waals surface area contributed by atoms with Crippen molar-refractivity contribution in [2.24, 2.45) is 5.92 Å². The number of pyridine rings is 1. The third-order valence-corrected chi connectivity index (χ3v) is 3.59. The zero-order valence-electron chi connectivity index (χ0n) is 15.1. The molecule has 3 heterocycles. The van der Waals surface area contributed by atoms with Gasteiger partial charge in [0.05, 0.1) is 11.9 Å². The van der Waals surface area contributed by atoms with Crippen molar-refractivity contribution >= 4 is 11.7 Å². The van der Waals surface area contributed by atoms with Gasteiger partial charge >= 0.3 is 6.09 Å². The second-order valence-electron chi connectivity index (χ2n) is 6.84. The van der Waals surface area contributed by atoms with E-state index >= 15 is 0 Å². The van der Waals surface area contributed by atoms with E-state index in [0.29, 0.717) is 19.0 Å². The fourth-order valence-electron chi connectivity index (χ4n) is 2.60. The molecule has 2 aromatic heterocycles. The monoisotopic (exact) mass is 333 g/mol. The van der Waals surface area contributed by atoms with Gasteiger partial charge in [0.25, 0.3) is 0 Å². The molecule has 1 aliphatic rings. The van der Waals surface area contributed by atoms with Gasteiger partial charge in [-0.25, -0.2) is 9.78 Å². The van der Waals surface area contributed by atoms with Crippen LogP contribution in [0.3, 0.4) is 0 Å². The number of hydrogen-bond donors (Lipinski definition) is 1. The smallest absolute Gasteiger partial charge is 0.410 e. The maximum absolute atomic E-state index is 11.9. The zero-order chi connectivity index (χ0) is 17.9. The molecule has 0 bridgehead atoms. The van der Waals surface area contributed by atoms with Gasteiger partial charge < -0.3 is 19.1 Å². The summed E-state index contributed by atoms with van der Waals surface area (Å²) in [7, 11) is 0. The van der Waals surface area contributed by atoms with Crippen molar-refractivity contribution in [3.8, 4) is 5.75 Å². The molecule has 132 valence electrons. The van der Waals surface area contributed by atoms with Crippen molar-refractivity contribution < 1.29 is 14.6 Å². The van der Waals surface area contributed by atoms with Crippen molar-refractivity contribution in [3.63, 3.8) is 0 Å². The largest absolute Gasteiger partial charge is 0.506 e. The number of ether oxygens (including phenoxy) is 1. The maximum Gasteiger partial charge on any atom is 0.410 e. The van der Waals surface area contributed by atoms with Gasteiger partial charge in [-0.05, 0) is 45.2 Å². The van der Waals surface area contributed by atoms with Crippen molar-refractivity contribution in [3.05, 3.63) is 30.2 Å². The lowest BCUT2D eigenvalue weighted by molar-refractivity contribution is -0.000992. The summed E-state index contributed by atoms with van der Waals surface area (Å²) in [6, 6.07) is 3.41. The number of carbonyl (C=O) groups excluding carboxylic acids is 1. The Kier molecular flexibility index (Phi) is 5.36. The summed E-state index contributed by atoms with van der Waals surface area (Å²) in [5, 5.41) is 9.46. The first-order valence-corrected chi connectivity index (χ1v) is 8.45. The Morgan fingerprint density at radius 3 is 2.58 bits per heavy atom. The Balaban J connectivity index is 0.00000100. The minimum atomic E-state index is -0.453. The van der Waals surface area contributed by atoms with Crippen LogP contribution in [-0.2, 0) is 11.2 Å². The molecule has 1 aliphatic heterocycles. The van der Waals surface area contributed by atoms with E-state index in [2.05, 4.69) is 4.98 Å². The molecule has 0 saturated carbocycles. The van der Waals surface area contributed by atoms with E-state index in [-0.39, 0.29) is 11.8 Å². The molecule has 0 radical (unpaired) electrons. The van der Waals surface area contributed by atoms with Crippen LogP contribution in [0.1, 0.15) is 40.3 Å². The molecule has 0 spiro atoms. The van der Waals surface area contributed by atoms with Gasteiger partial charge in [0, 0.05) is 19.3 Å². The second kappa shape index (κ2) is 7.11. The quantitative estimate of drug-likeness (QED) is 0.914. The first-order chi connectivity index (χ1) is 11.3. The van der Waals surface area contributed by atoms with E-state index in [1.165, 1.54) is 0 Å². The van der Waals surface area contributed by atoms with Crippen LogP contribution in [-0.4, -0.2) is 44.2 Å². The van der Waals surface area contributed by atoms with Gasteiger partial charge in [-0.15, -0.1) is 0 Å². The van der Waals surface area contributed by atoms with Crippen LogP contribution < -0.4 is 0 Å². The number of carbonyl (C=O) groups is 1. The van der Waals surface area contributed by atoms with Crippen LogP contribution in [0.4, 0.5) is 4.79 Å². The van der Waals surface area contributed by atoms with Crippen molar-refractivity contribution in [1.82, 2.24) is 14.3 Å². The van der Waals surface area contributed by atoms with Gasteiger partial charge in [0.1, 0.15) is 17.0 Å². The molecular weight excluding hydrogens is 306 g/mol. The fourth-order valence-corrected chi connectivity index (χ4v) is 2.60. The Morgan fingerprint density at radius 2 is 1.96 bits per heavy atom. The van der Waals surface area contributed by atoms with Gasteiger partial charge in [0.2, 0.25) is 0 Å². The number of fused-ring (bicyclic) bond motifs is 1. The van der Waals surface area contributed by atoms with Gasteiger partial charge in [-0.1, -0.05) is 13.8 Å². The number of rotatable bonds is 2. The minimum Gasteiger partial charge on any atom is -0.506 e. The molecule has 0 unspecified atom stereocenters. The second-order valence-corrected chi connectivity index (χ2v) is 6.84. The molecule has 1 fully saturated rings. The predicted molar refractivity (Wildman–Crippen MR) is 93.2 cm³/mol. The lowest BCUT2D eigenvalue weighted by Gasteiger charge is -2.39. The highest BCUT2D eigenvalue weighted by atomic mass is 16.6. The molecule has 0 aliphatic carbocycles. The molecule has 6 nitrogen and oxygen atoms in total. The van der Waals surface area contributed by atoms with E-state index < -0.39 is 5.60 Å². The molecule has 1 amide bonds. The van der Waals surface area contributed by atoms with Gasteiger partial charge in [-0.2, -0.15) is 0 Å². The first-order valence-electron chi connectivity index (χ1n) is 8.45. The fraction of sp³-hybridized carbons (Fsp3) is 0.556. The number of likely N-dealkylation sites (tertiary alicyclic amines) is 1. The lowest BCUT2D eigenvalue weighted by Crippen LogP contribution is -2.52. The van der Waals surface area contributed by atoms with E-state index in [9.17, 15) is 9.90 Å². The number of aromatic nitrogens is 2. The first kappa shape index (κ1) is 18.1. The van der Waals surface area contributed by atoms with Gasteiger partial charge in [-0.3, -0.25) is 0 Å². The van der Waals surface area contributed by atoms with Crippen molar-refractivity contribution in [2.75, 3.05) is 13.1 Å². The molecule has 24 heavy (non-hydrogen) atoms. The Labute approximate surface area is 143 Å². The number of aromatic hydroxyl groups is 1. The van der Waals surface area contributed by atoms with E-state index in [1.54, 1.807) is 23.2 Å². The van der Waals surface area contributed by atoms with E-state index in [4.69, 9.17) is 4.74 Å². The lowest BCUT2D eigenvalue weighted by atomic mass is 9.95. The third kappa shape index (κ3) is 4.40. The van der Waals surface area contributed by atoms with E-state index in [1.807, 2.05) is 45.2 Å².